The van der Waals surface area contributed by atoms with E-state index in [1.165, 1.54) is 5.56 Å². The Morgan fingerprint density at radius 3 is 2.82 bits per heavy atom. The highest BCUT2D eigenvalue weighted by molar-refractivity contribution is 6.05. The van der Waals surface area contributed by atoms with Crippen molar-refractivity contribution in [3.05, 3.63) is 53.6 Å². The molecule has 1 amide bonds. The van der Waals surface area contributed by atoms with Gasteiger partial charge in [0.15, 0.2) is 11.5 Å². The Morgan fingerprint density at radius 2 is 1.94 bits per heavy atom. The number of hydrogen-bond acceptors (Lipinski definition) is 7. The van der Waals surface area contributed by atoms with Crippen LogP contribution in [0.4, 0.5) is 11.6 Å². The molecule has 4 aromatic rings. The number of rotatable bonds is 0. The van der Waals surface area contributed by atoms with E-state index < -0.39 is 0 Å². The standard InChI is InChI=1S/C24H29N9O/c1-16-17-14-31(2)12-6-4-5-10-25-23(34)22-19-13-18(7-8-20(19)32(3)30-22)27-24-26-11-9-21(28-24)33(15-17)29-16/h7-9,11,13,15H,4-6,10,12,14H2,1-3H3,(H,25,34)(H,26,27,28). The second kappa shape index (κ2) is 9.22. The number of carbonyl (C=O) groups excluding carboxylic acids is 1. The van der Waals surface area contributed by atoms with E-state index in [0.717, 1.165) is 54.6 Å². The summed E-state index contributed by atoms with van der Waals surface area (Å²) in [7, 11) is 3.97. The zero-order valence-corrected chi connectivity index (χ0v) is 19.7. The number of nitrogens with one attached hydrogen (secondary N) is 2. The van der Waals surface area contributed by atoms with Crippen LogP contribution in [0, 0.1) is 6.92 Å². The minimum atomic E-state index is -0.156. The fourth-order valence-corrected chi connectivity index (χ4v) is 4.28. The maximum Gasteiger partial charge on any atom is 0.272 e. The Labute approximate surface area is 198 Å². The molecule has 10 heteroatoms. The lowest BCUT2D eigenvalue weighted by atomic mass is 10.1. The highest BCUT2D eigenvalue weighted by Gasteiger charge is 2.17. The zero-order chi connectivity index (χ0) is 23.7. The fourth-order valence-electron chi connectivity index (χ4n) is 4.28. The largest absolute Gasteiger partial charge is 0.351 e. The van der Waals surface area contributed by atoms with Gasteiger partial charge in [0, 0.05) is 55.2 Å². The predicted octanol–water partition coefficient (Wildman–Crippen LogP) is 2.95. The van der Waals surface area contributed by atoms with Gasteiger partial charge in [-0.05, 0) is 51.6 Å². The van der Waals surface area contributed by atoms with Gasteiger partial charge >= 0.3 is 0 Å². The molecule has 1 aliphatic heterocycles. The van der Waals surface area contributed by atoms with E-state index in [4.69, 9.17) is 0 Å². The van der Waals surface area contributed by atoms with Crippen molar-refractivity contribution in [1.82, 2.24) is 39.7 Å². The lowest BCUT2D eigenvalue weighted by Gasteiger charge is -2.16. The first-order valence-corrected chi connectivity index (χ1v) is 11.6. The van der Waals surface area contributed by atoms with Gasteiger partial charge in [0.25, 0.3) is 5.91 Å². The van der Waals surface area contributed by atoms with Crippen LogP contribution in [0.5, 0.6) is 0 Å². The lowest BCUT2D eigenvalue weighted by Crippen LogP contribution is -2.25. The summed E-state index contributed by atoms with van der Waals surface area (Å²) in [4.78, 5) is 24.2. The smallest absolute Gasteiger partial charge is 0.272 e. The third-order valence-electron chi connectivity index (χ3n) is 6.14. The molecular formula is C24H29N9O. The molecule has 0 spiro atoms. The SMILES string of the molecule is Cc1nn2cc1CN(C)CCCCCNC(=O)c1nn(C)c3ccc(cc13)Nc1nccc-2n1. The van der Waals surface area contributed by atoms with Crippen LogP contribution >= 0.6 is 0 Å². The van der Waals surface area contributed by atoms with Crippen molar-refractivity contribution in [2.75, 3.05) is 25.5 Å². The molecule has 0 atom stereocenters. The topological polar surface area (TPSA) is 106 Å². The molecule has 34 heavy (non-hydrogen) atoms. The molecular weight excluding hydrogens is 430 g/mol. The molecule has 0 aliphatic carbocycles. The number of aromatic nitrogens is 6. The quantitative estimate of drug-likeness (QED) is 0.416. The Hall–Kier alpha value is -3.79. The maximum atomic E-state index is 12.9. The van der Waals surface area contributed by atoms with Gasteiger partial charge in [0.05, 0.1) is 11.2 Å². The van der Waals surface area contributed by atoms with Crippen molar-refractivity contribution < 1.29 is 4.79 Å². The summed E-state index contributed by atoms with van der Waals surface area (Å²) in [5.41, 5.74) is 4.25. The molecule has 3 aromatic heterocycles. The summed E-state index contributed by atoms with van der Waals surface area (Å²) in [5.74, 6) is 0.982. The molecule has 176 valence electrons. The highest BCUT2D eigenvalue weighted by atomic mass is 16.1. The van der Waals surface area contributed by atoms with E-state index in [9.17, 15) is 4.79 Å². The minimum absolute atomic E-state index is 0.156. The Kier molecular flexibility index (Phi) is 5.97. The molecule has 1 aliphatic rings. The van der Waals surface area contributed by atoms with E-state index in [-0.39, 0.29) is 5.91 Å². The van der Waals surface area contributed by atoms with E-state index in [1.54, 1.807) is 15.6 Å². The third kappa shape index (κ3) is 4.49. The van der Waals surface area contributed by atoms with E-state index in [2.05, 4.69) is 42.7 Å². The van der Waals surface area contributed by atoms with Gasteiger partial charge in [-0.3, -0.25) is 9.48 Å². The number of anilines is 2. The Balaban J connectivity index is 1.52. The molecule has 0 radical (unpaired) electrons. The number of carbonyl (C=O) groups is 1. The molecule has 10 nitrogen and oxygen atoms in total. The summed E-state index contributed by atoms with van der Waals surface area (Å²) >= 11 is 0. The molecule has 1 aromatic carbocycles. The maximum absolute atomic E-state index is 12.9. The summed E-state index contributed by atoms with van der Waals surface area (Å²) in [6, 6.07) is 7.62. The van der Waals surface area contributed by atoms with Gasteiger partial charge in [-0.2, -0.15) is 15.2 Å². The van der Waals surface area contributed by atoms with Crippen LogP contribution in [0.3, 0.4) is 0 Å². The molecule has 2 N–H and O–H groups in total. The first-order valence-electron chi connectivity index (χ1n) is 11.6. The van der Waals surface area contributed by atoms with Gasteiger partial charge in [-0.25, -0.2) is 9.67 Å². The first kappa shape index (κ1) is 22.0. The molecule has 5 rings (SSSR count). The normalized spacial score (nSPS) is 15.8. The highest BCUT2D eigenvalue weighted by Crippen LogP contribution is 2.24. The van der Waals surface area contributed by atoms with Gasteiger partial charge < -0.3 is 15.5 Å². The first-order chi connectivity index (χ1) is 16.5. The van der Waals surface area contributed by atoms with Gasteiger partial charge in [0.2, 0.25) is 5.95 Å². The third-order valence-corrected chi connectivity index (χ3v) is 6.14. The van der Waals surface area contributed by atoms with E-state index >= 15 is 0 Å². The molecule has 0 unspecified atom stereocenters. The molecule has 6 bridgehead atoms. The van der Waals surface area contributed by atoms with Crippen LogP contribution in [-0.2, 0) is 13.6 Å². The molecule has 0 fully saturated rings. The molecule has 0 saturated carbocycles. The zero-order valence-electron chi connectivity index (χ0n) is 19.7. The second-order valence-electron chi connectivity index (χ2n) is 8.81. The minimum Gasteiger partial charge on any atom is -0.351 e. The van der Waals surface area contributed by atoms with Crippen LogP contribution in [0.1, 0.15) is 41.0 Å². The number of aryl methyl sites for hydroxylation is 2. The average molecular weight is 460 g/mol. The number of benzene rings is 1. The summed E-state index contributed by atoms with van der Waals surface area (Å²) in [6.45, 7) is 4.46. The number of fused-ring (bicyclic) bond motifs is 6. The van der Waals surface area contributed by atoms with E-state index in [0.29, 0.717) is 24.0 Å². The molecule has 0 saturated heterocycles. The van der Waals surface area contributed by atoms with Crippen molar-refractivity contribution in [2.45, 2.75) is 32.7 Å². The monoisotopic (exact) mass is 459 g/mol. The lowest BCUT2D eigenvalue weighted by molar-refractivity contribution is 0.0948. The van der Waals surface area contributed by atoms with Crippen LogP contribution in [-0.4, -0.2) is 60.5 Å². The van der Waals surface area contributed by atoms with Crippen molar-refractivity contribution in [3.63, 3.8) is 0 Å². The second-order valence-corrected chi connectivity index (χ2v) is 8.81. The Morgan fingerprint density at radius 1 is 1.06 bits per heavy atom. The number of nitrogens with zero attached hydrogens (tertiary/aromatic N) is 7. The van der Waals surface area contributed by atoms with Gasteiger partial charge in [0.1, 0.15) is 0 Å². The van der Waals surface area contributed by atoms with Gasteiger partial charge in [-0.1, -0.05) is 6.42 Å². The summed E-state index contributed by atoms with van der Waals surface area (Å²) < 4.78 is 3.53. The summed E-state index contributed by atoms with van der Waals surface area (Å²) in [5, 5.41) is 16.2. The van der Waals surface area contributed by atoms with Crippen molar-refractivity contribution in [1.29, 1.82) is 0 Å². The van der Waals surface area contributed by atoms with Crippen molar-refractivity contribution >= 4 is 28.4 Å². The molecule has 4 heterocycles. The summed E-state index contributed by atoms with van der Waals surface area (Å²) in [6.07, 6.45) is 6.79. The van der Waals surface area contributed by atoms with Crippen LogP contribution in [0.25, 0.3) is 16.7 Å². The number of hydrogen-bond donors (Lipinski definition) is 2. The Bertz CT molecular complexity index is 1340. The van der Waals surface area contributed by atoms with Crippen LogP contribution < -0.4 is 10.6 Å². The van der Waals surface area contributed by atoms with Crippen LogP contribution in [0.15, 0.2) is 36.7 Å². The van der Waals surface area contributed by atoms with Crippen molar-refractivity contribution in [3.8, 4) is 5.82 Å². The number of amides is 1. The predicted molar refractivity (Wildman–Crippen MR) is 130 cm³/mol. The van der Waals surface area contributed by atoms with Crippen LogP contribution in [0.2, 0.25) is 0 Å². The average Bonchev–Trinajstić information content (AvgIpc) is 3.35. The van der Waals surface area contributed by atoms with E-state index in [1.807, 2.05) is 44.4 Å². The van der Waals surface area contributed by atoms with Gasteiger partial charge in [-0.15, -0.1) is 0 Å². The van der Waals surface area contributed by atoms with Crippen molar-refractivity contribution in [2.24, 2.45) is 7.05 Å². The fraction of sp³-hybridized carbons (Fsp3) is 0.375.